The summed E-state index contributed by atoms with van der Waals surface area (Å²) in [6.07, 6.45) is 2.02. The molecule has 1 aromatic carbocycles. The Morgan fingerprint density at radius 1 is 1.55 bits per heavy atom. The number of benzene rings is 1. The van der Waals surface area contributed by atoms with Crippen LogP contribution in [-0.2, 0) is 0 Å². The molecule has 2 heterocycles. The lowest BCUT2D eigenvalue weighted by Gasteiger charge is -2.25. The Balaban J connectivity index is 2.26. The predicted octanol–water partition coefficient (Wildman–Crippen LogP) is 1.96. The van der Waals surface area contributed by atoms with Crippen LogP contribution in [0.3, 0.4) is 0 Å². The number of pyridine rings is 1. The molecule has 3 rings (SSSR count). The highest BCUT2D eigenvalue weighted by Gasteiger charge is 2.26. The van der Waals surface area contributed by atoms with Crippen molar-refractivity contribution >= 4 is 16.6 Å². The van der Waals surface area contributed by atoms with Gasteiger partial charge in [-0.25, -0.2) is 4.39 Å². The molecule has 4 nitrogen and oxygen atoms in total. The Morgan fingerprint density at radius 2 is 2.35 bits per heavy atom. The molecule has 0 saturated carbocycles. The topological polar surface area (TPSA) is 62.4 Å². The van der Waals surface area contributed by atoms with Crippen molar-refractivity contribution in [1.82, 2.24) is 4.98 Å². The Morgan fingerprint density at radius 3 is 3.00 bits per heavy atom. The van der Waals surface area contributed by atoms with Crippen molar-refractivity contribution in [2.45, 2.75) is 25.5 Å². The van der Waals surface area contributed by atoms with Crippen molar-refractivity contribution in [2.75, 3.05) is 18.0 Å². The monoisotopic (exact) mass is 275 g/mol. The Bertz CT molecular complexity index is 644. The SMILES string of the molecule is CC(N)c1cc(F)c2cccnc2c1N1CCC(O)C1. The molecule has 1 saturated heterocycles. The molecule has 2 unspecified atom stereocenters. The minimum atomic E-state index is -0.347. The van der Waals surface area contributed by atoms with Gasteiger partial charge in [-0.15, -0.1) is 0 Å². The third-order valence-corrected chi connectivity index (χ3v) is 3.82. The highest BCUT2D eigenvalue weighted by Crippen LogP contribution is 2.36. The molecule has 1 aliphatic rings. The number of nitrogens with two attached hydrogens (primary N) is 1. The summed E-state index contributed by atoms with van der Waals surface area (Å²) < 4.78 is 14.2. The number of rotatable bonds is 2. The summed E-state index contributed by atoms with van der Waals surface area (Å²) >= 11 is 0. The predicted molar refractivity (Wildman–Crippen MR) is 77.1 cm³/mol. The number of aliphatic hydroxyl groups excluding tert-OH is 1. The Hall–Kier alpha value is -1.72. The van der Waals surface area contributed by atoms with Gasteiger partial charge in [0.15, 0.2) is 0 Å². The highest BCUT2D eigenvalue weighted by molar-refractivity contribution is 5.93. The van der Waals surface area contributed by atoms with E-state index < -0.39 is 0 Å². The minimum Gasteiger partial charge on any atom is -0.391 e. The van der Waals surface area contributed by atoms with E-state index >= 15 is 0 Å². The van der Waals surface area contributed by atoms with Crippen LogP contribution >= 0.6 is 0 Å². The molecule has 1 aliphatic heterocycles. The van der Waals surface area contributed by atoms with E-state index in [0.29, 0.717) is 23.9 Å². The van der Waals surface area contributed by atoms with Crippen molar-refractivity contribution < 1.29 is 9.50 Å². The summed E-state index contributed by atoms with van der Waals surface area (Å²) in [4.78, 5) is 6.39. The first kappa shape index (κ1) is 13.3. The van der Waals surface area contributed by atoms with Gasteiger partial charge < -0.3 is 15.7 Å². The third kappa shape index (κ3) is 2.13. The fourth-order valence-corrected chi connectivity index (χ4v) is 2.83. The summed E-state index contributed by atoms with van der Waals surface area (Å²) in [6, 6.07) is 4.65. The van der Waals surface area contributed by atoms with Gasteiger partial charge >= 0.3 is 0 Å². The van der Waals surface area contributed by atoms with Crippen LogP contribution in [0, 0.1) is 5.82 Å². The maximum atomic E-state index is 14.2. The second-order valence-electron chi connectivity index (χ2n) is 5.37. The van der Waals surface area contributed by atoms with E-state index in [-0.39, 0.29) is 18.0 Å². The Labute approximate surface area is 117 Å². The van der Waals surface area contributed by atoms with Crippen molar-refractivity contribution in [3.05, 3.63) is 35.8 Å². The molecule has 5 heteroatoms. The molecule has 0 spiro atoms. The highest BCUT2D eigenvalue weighted by atomic mass is 19.1. The summed E-state index contributed by atoms with van der Waals surface area (Å²) in [6.45, 7) is 3.11. The zero-order chi connectivity index (χ0) is 14.3. The molecule has 106 valence electrons. The van der Waals surface area contributed by atoms with E-state index in [9.17, 15) is 9.50 Å². The molecule has 0 bridgehead atoms. The molecule has 0 amide bonds. The van der Waals surface area contributed by atoms with Crippen LogP contribution in [0.5, 0.6) is 0 Å². The first-order chi connectivity index (χ1) is 9.58. The average molecular weight is 275 g/mol. The first-order valence-electron chi connectivity index (χ1n) is 6.83. The average Bonchev–Trinajstić information content (AvgIpc) is 2.85. The lowest BCUT2D eigenvalue weighted by Crippen LogP contribution is -2.24. The van der Waals surface area contributed by atoms with Crippen molar-refractivity contribution in [3.8, 4) is 0 Å². The van der Waals surface area contributed by atoms with Crippen LogP contribution in [0.1, 0.15) is 24.9 Å². The number of fused-ring (bicyclic) bond motifs is 1. The molecule has 3 N–H and O–H groups in total. The van der Waals surface area contributed by atoms with Gasteiger partial charge in [0.25, 0.3) is 0 Å². The van der Waals surface area contributed by atoms with Crippen molar-refractivity contribution in [3.63, 3.8) is 0 Å². The number of hydrogen-bond donors (Lipinski definition) is 2. The van der Waals surface area contributed by atoms with Gasteiger partial charge in [0.2, 0.25) is 0 Å². The summed E-state index contributed by atoms with van der Waals surface area (Å²) in [5.74, 6) is -0.302. The van der Waals surface area contributed by atoms with Gasteiger partial charge in [-0.05, 0) is 37.1 Å². The Kier molecular flexibility index (Phi) is 3.31. The van der Waals surface area contributed by atoms with E-state index in [2.05, 4.69) is 9.88 Å². The maximum Gasteiger partial charge on any atom is 0.133 e. The zero-order valence-electron chi connectivity index (χ0n) is 11.4. The molecule has 2 aromatic rings. The van der Waals surface area contributed by atoms with Crippen LogP contribution < -0.4 is 10.6 Å². The van der Waals surface area contributed by atoms with Gasteiger partial charge in [0.05, 0.1) is 17.3 Å². The van der Waals surface area contributed by atoms with Gasteiger partial charge in [-0.1, -0.05) is 0 Å². The van der Waals surface area contributed by atoms with Crippen LogP contribution in [-0.4, -0.2) is 29.3 Å². The fourth-order valence-electron chi connectivity index (χ4n) is 2.83. The molecule has 1 fully saturated rings. The molecular weight excluding hydrogens is 257 g/mol. The van der Waals surface area contributed by atoms with Crippen LogP contribution in [0.4, 0.5) is 10.1 Å². The van der Waals surface area contributed by atoms with Gasteiger partial charge in [-0.3, -0.25) is 4.98 Å². The smallest absolute Gasteiger partial charge is 0.133 e. The third-order valence-electron chi connectivity index (χ3n) is 3.82. The van der Waals surface area contributed by atoms with Crippen molar-refractivity contribution in [1.29, 1.82) is 0 Å². The number of hydrogen-bond acceptors (Lipinski definition) is 4. The summed E-state index contributed by atoms with van der Waals surface area (Å²) in [5, 5.41) is 10.2. The van der Waals surface area contributed by atoms with Crippen molar-refractivity contribution in [2.24, 2.45) is 5.73 Å². The number of aliphatic hydroxyl groups is 1. The first-order valence-corrected chi connectivity index (χ1v) is 6.83. The molecule has 2 atom stereocenters. The maximum absolute atomic E-state index is 14.2. The molecule has 1 aromatic heterocycles. The number of nitrogens with zero attached hydrogens (tertiary/aromatic N) is 2. The summed E-state index contributed by atoms with van der Waals surface area (Å²) in [5.41, 5.74) is 8.21. The van der Waals surface area contributed by atoms with Crippen LogP contribution in [0.15, 0.2) is 24.4 Å². The van der Waals surface area contributed by atoms with E-state index in [1.54, 1.807) is 18.3 Å². The lowest BCUT2D eigenvalue weighted by molar-refractivity contribution is 0.198. The van der Waals surface area contributed by atoms with Gasteiger partial charge in [0, 0.05) is 30.7 Å². The molecule has 20 heavy (non-hydrogen) atoms. The number of aromatic nitrogens is 1. The quantitative estimate of drug-likeness (QED) is 0.879. The molecular formula is C15H18FN3O. The summed E-state index contributed by atoms with van der Waals surface area (Å²) in [7, 11) is 0. The normalized spacial score (nSPS) is 20.6. The number of anilines is 1. The minimum absolute atomic E-state index is 0.288. The van der Waals surface area contributed by atoms with E-state index in [0.717, 1.165) is 17.8 Å². The fraction of sp³-hybridized carbons (Fsp3) is 0.400. The van der Waals surface area contributed by atoms with E-state index in [1.165, 1.54) is 6.07 Å². The van der Waals surface area contributed by atoms with Crippen LogP contribution in [0.25, 0.3) is 10.9 Å². The second kappa shape index (κ2) is 5.00. The largest absolute Gasteiger partial charge is 0.391 e. The standard InChI is InChI=1S/C15H18FN3O/c1-9(17)12-7-13(16)11-3-2-5-18-14(11)15(12)19-6-4-10(20)8-19/h2-3,5,7,9-10,20H,4,6,8,17H2,1H3. The van der Waals surface area contributed by atoms with Gasteiger partial charge in [-0.2, -0.15) is 0 Å². The lowest BCUT2D eigenvalue weighted by atomic mass is 10.0. The van der Waals surface area contributed by atoms with E-state index in [4.69, 9.17) is 5.73 Å². The van der Waals surface area contributed by atoms with Gasteiger partial charge in [0.1, 0.15) is 5.82 Å². The number of β-amino-alcohol motifs (C(OH)–C–C–N with tert-alkyl or cyclic N) is 1. The molecule has 0 aliphatic carbocycles. The molecule has 0 radical (unpaired) electrons. The zero-order valence-corrected chi connectivity index (χ0v) is 11.4. The van der Waals surface area contributed by atoms with Crippen LogP contribution in [0.2, 0.25) is 0 Å². The second-order valence-corrected chi connectivity index (χ2v) is 5.37. The van der Waals surface area contributed by atoms with E-state index in [1.807, 2.05) is 6.92 Å². The number of halogens is 1.